The van der Waals surface area contributed by atoms with E-state index in [-0.39, 0.29) is 17.3 Å². The number of phenolic OH excluding ortho intramolecular Hbond substituents is 1. The van der Waals surface area contributed by atoms with Gasteiger partial charge >= 0.3 is 0 Å². The predicted octanol–water partition coefficient (Wildman–Crippen LogP) is 4.41. The fraction of sp³-hybridized carbons (Fsp3) is 0.227. The molecule has 0 saturated heterocycles. The fourth-order valence-corrected chi connectivity index (χ4v) is 2.95. The lowest BCUT2D eigenvalue weighted by Gasteiger charge is -2.20. The normalized spacial score (nSPS) is 15.0. The summed E-state index contributed by atoms with van der Waals surface area (Å²) in [6, 6.07) is 13.1. The number of carbonyl (C=O) groups excluding carboxylic acids is 1. The molecular weight excluding hydrogens is 326 g/mol. The van der Waals surface area contributed by atoms with Crippen molar-refractivity contribution in [3.05, 3.63) is 77.1 Å². The van der Waals surface area contributed by atoms with E-state index in [0.29, 0.717) is 23.4 Å². The van der Waals surface area contributed by atoms with Crippen LogP contribution in [0, 0.1) is 0 Å². The van der Waals surface area contributed by atoms with E-state index in [1.165, 1.54) is 0 Å². The molecule has 4 nitrogen and oxygen atoms in total. The summed E-state index contributed by atoms with van der Waals surface area (Å²) in [5, 5.41) is 10.3. The van der Waals surface area contributed by atoms with Gasteiger partial charge in [0.25, 0.3) is 0 Å². The minimum absolute atomic E-state index is 0.154. The molecule has 0 amide bonds. The van der Waals surface area contributed by atoms with Crippen molar-refractivity contribution in [3.8, 4) is 11.5 Å². The number of aromatic hydroxyl groups is 1. The predicted molar refractivity (Wildman–Crippen MR) is 103 cm³/mol. The number of phenols is 1. The highest BCUT2D eigenvalue weighted by atomic mass is 16.5. The fourth-order valence-electron chi connectivity index (χ4n) is 2.95. The lowest BCUT2D eigenvalue weighted by molar-refractivity contribution is 0.101. The summed E-state index contributed by atoms with van der Waals surface area (Å²) in [5.41, 5.74) is 2.21. The van der Waals surface area contributed by atoms with Crippen LogP contribution in [0.3, 0.4) is 0 Å². The van der Waals surface area contributed by atoms with Crippen LogP contribution in [0.1, 0.15) is 35.3 Å². The lowest BCUT2D eigenvalue weighted by atomic mass is 10.0. The van der Waals surface area contributed by atoms with Gasteiger partial charge in [0.1, 0.15) is 11.5 Å². The summed E-state index contributed by atoms with van der Waals surface area (Å²) in [4.78, 5) is 14.8. The molecule has 1 heterocycles. The van der Waals surface area contributed by atoms with E-state index in [4.69, 9.17) is 4.74 Å². The van der Waals surface area contributed by atoms with Gasteiger partial charge in [0.15, 0.2) is 5.76 Å². The molecule has 1 N–H and O–H groups in total. The Morgan fingerprint density at radius 3 is 2.50 bits per heavy atom. The van der Waals surface area contributed by atoms with Crippen molar-refractivity contribution in [3.63, 3.8) is 0 Å². The molecule has 1 aliphatic rings. The number of benzene rings is 2. The Kier molecular flexibility index (Phi) is 5.54. The monoisotopic (exact) mass is 349 g/mol. The van der Waals surface area contributed by atoms with Crippen LogP contribution in [0.2, 0.25) is 0 Å². The lowest BCUT2D eigenvalue weighted by Crippen LogP contribution is -2.22. The maximum Gasteiger partial charge on any atom is 0.231 e. The van der Waals surface area contributed by atoms with Crippen LogP contribution in [0.4, 0.5) is 0 Å². The van der Waals surface area contributed by atoms with Crippen molar-refractivity contribution in [1.82, 2.24) is 4.90 Å². The Labute approximate surface area is 154 Å². The average molecular weight is 349 g/mol. The second kappa shape index (κ2) is 8.02. The van der Waals surface area contributed by atoms with Gasteiger partial charge in [-0.2, -0.15) is 0 Å². The molecule has 0 aliphatic carbocycles. The third-order valence-electron chi connectivity index (χ3n) is 4.53. The number of hydrogen-bond acceptors (Lipinski definition) is 4. The Morgan fingerprint density at radius 2 is 1.81 bits per heavy atom. The van der Waals surface area contributed by atoms with Crippen molar-refractivity contribution >= 4 is 11.9 Å². The first kappa shape index (κ1) is 18.0. The molecule has 0 aromatic heterocycles. The molecule has 3 rings (SSSR count). The summed E-state index contributed by atoms with van der Waals surface area (Å²) in [6.45, 7) is 6.39. The summed E-state index contributed by atoms with van der Waals surface area (Å²) in [7, 11) is 0. The van der Waals surface area contributed by atoms with Gasteiger partial charge in [0.2, 0.25) is 5.78 Å². The van der Waals surface area contributed by atoms with Crippen LogP contribution in [-0.2, 0) is 6.54 Å². The Balaban J connectivity index is 1.86. The molecule has 0 fully saturated rings. The highest BCUT2D eigenvalue weighted by Gasteiger charge is 2.31. The first-order valence-electron chi connectivity index (χ1n) is 8.87. The summed E-state index contributed by atoms with van der Waals surface area (Å²) < 4.78 is 5.83. The number of Topliss-reactive ketones (excluding diaryl/α,β-unsaturated/α-hetero) is 1. The molecule has 134 valence electrons. The zero-order chi connectivity index (χ0) is 18.5. The number of rotatable bonds is 6. The minimum atomic E-state index is -0.154. The molecule has 2 aromatic carbocycles. The molecule has 0 bridgehead atoms. The first-order chi connectivity index (χ1) is 12.6. The van der Waals surface area contributed by atoms with Crippen LogP contribution >= 0.6 is 0 Å². The first-order valence-corrected chi connectivity index (χ1v) is 8.87. The number of fused-ring (bicyclic) bond motifs is 1. The maximum atomic E-state index is 12.6. The third-order valence-corrected chi connectivity index (χ3v) is 4.53. The molecule has 1 aliphatic heterocycles. The molecule has 0 radical (unpaired) electrons. The van der Waals surface area contributed by atoms with Crippen LogP contribution in [0.25, 0.3) is 6.08 Å². The molecule has 26 heavy (non-hydrogen) atoms. The number of ketones is 1. The van der Waals surface area contributed by atoms with Crippen molar-refractivity contribution in [2.45, 2.75) is 20.4 Å². The Hall–Kier alpha value is -2.85. The quantitative estimate of drug-likeness (QED) is 0.785. The van der Waals surface area contributed by atoms with E-state index in [0.717, 1.165) is 18.7 Å². The molecule has 0 unspecified atom stereocenters. The third kappa shape index (κ3) is 3.70. The van der Waals surface area contributed by atoms with Crippen molar-refractivity contribution in [2.75, 3.05) is 13.1 Å². The zero-order valence-electron chi connectivity index (χ0n) is 15.1. The van der Waals surface area contributed by atoms with Gasteiger partial charge in [-0.05, 0) is 36.9 Å². The smallest absolute Gasteiger partial charge is 0.231 e. The van der Waals surface area contributed by atoms with Gasteiger partial charge in [-0.25, -0.2) is 0 Å². The van der Waals surface area contributed by atoms with Crippen LogP contribution in [-0.4, -0.2) is 28.9 Å². The molecule has 4 heteroatoms. The van der Waals surface area contributed by atoms with Crippen molar-refractivity contribution in [1.29, 1.82) is 0 Å². The van der Waals surface area contributed by atoms with E-state index in [1.807, 2.05) is 36.4 Å². The number of nitrogens with zero attached hydrogens (tertiary/aromatic N) is 1. The molecule has 0 atom stereocenters. The second-order valence-corrected chi connectivity index (χ2v) is 6.13. The molecule has 2 aromatic rings. The van der Waals surface area contributed by atoms with Gasteiger partial charge < -0.3 is 9.84 Å². The van der Waals surface area contributed by atoms with Crippen LogP contribution in [0.15, 0.2) is 60.4 Å². The minimum Gasteiger partial charge on any atom is -0.507 e. The number of hydrogen-bond donors (Lipinski definition) is 1. The maximum absolute atomic E-state index is 12.6. The van der Waals surface area contributed by atoms with Gasteiger partial charge in [0, 0.05) is 6.54 Å². The van der Waals surface area contributed by atoms with Gasteiger partial charge in [-0.3, -0.25) is 9.69 Å². The van der Waals surface area contributed by atoms with Gasteiger partial charge in [-0.1, -0.05) is 56.3 Å². The van der Waals surface area contributed by atoms with Crippen molar-refractivity contribution in [2.24, 2.45) is 0 Å². The van der Waals surface area contributed by atoms with Crippen LogP contribution < -0.4 is 4.74 Å². The highest BCUT2D eigenvalue weighted by molar-refractivity contribution is 6.12. The van der Waals surface area contributed by atoms with Gasteiger partial charge in [-0.15, -0.1) is 0 Å². The number of carbonyl (C=O) groups is 1. The van der Waals surface area contributed by atoms with Crippen LogP contribution in [0.5, 0.6) is 11.5 Å². The summed E-state index contributed by atoms with van der Waals surface area (Å²) >= 11 is 0. The van der Waals surface area contributed by atoms with E-state index in [1.54, 1.807) is 24.3 Å². The SMILES string of the molecule is CCN(CC)Cc1c(O)ccc2c1OC(=CC=Cc1ccccc1)C2=O. The van der Waals surface area contributed by atoms with Crippen molar-refractivity contribution < 1.29 is 14.6 Å². The van der Waals surface area contributed by atoms with E-state index < -0.39 is 0 Å². The zero-order valence-corrected chi connectivity index (χ0v) is 15.1. The topological polar surface area (TPSA) is 49.8 Å². The standard InChI is InChI=1S/C22H23NO3/c1-3-23(4-2)15-18-19(24)14-13-17-21(25)20(26-22(17)18)12-8-11-16-9-6-5-7-10-16/h5-14,24H,3-4,15H2,1-2H3. The van der Waals surface area contributed by atoms with E-state index in [9.17, 15) is 9.90 Å². The number of ether oxygens (including phenoxy) is 1. The highest BCUT2D eigenvalue weighted by Crippen LogP contribution is 2.39. The molecule has 0 saturated carbocycles. The van der Waals surface area contributed by atoms with E-state index >= 15 is 0 Å². The van der Waals surface area contributed by atoms with E-state index in [2.05, 4.69) is 18.7 Å². The Bertz CT molecular complexity index is 849. The average Bonchev–Trinajstić information content (AvgIpc) is 2.98. The molecule has 0 spiro atoms. The molecular formula is C22H23NO3. The van der Waals surface area contributed by atoms with Gasteiger partial charge in [0.05, 0.1) is 11.1 Å². The summed E-state index contributed by atoms with van der Waals surface area (Å²) in [6.07, 6.45) is 5.40. The second-order valence-electron chi connectivity index (χ2n) is 6.13. The number of allylic oxidation sites excluding steroid dienone is 3. The largest absolute Gasteiger partial charge is 0.507 e. The summed E-state index contributed by atoms with van der Waals surface area (Å²) in [5.74, 6) is 0.753. The Morgan fingerprint density at radius 1 is 1.08 bits per heavy atom.